The van der Waals surface area contributed by atoms with Gasteiger partial charge in [-0.2, -0.15) is 5.01 Å². The maximum Gasteiger partial charge on any atom is 0.285 e. The zero-order valence-corrected chi connectivity index (χ0v) is 20.2. The predicted octanol–water partition coefficient (Wildman–Crippen LogP) is 5.68. The summed E-state index contributed by atoms with van der Waals surface area (Å²) in [4.78, 5) is 25.6. The van der Waals surface area contributed by atoms with Gasteiger partial charge in [-0.3, -0.25) is 15.0 Å². The fraction of sp³-hybridized carbons (Fsp3) is 0.320. The molecular weight excluding hydrogens is 456 g/mol. The molecule has 174 valence electrons. The Bertz CT molecular complexity index is 1000. The third-order valence-corrected chi connectivity index (χ3v) is 6.38. The van der Waals surface area contributed by atoms with Crippen LogP contribution in [0.4, 0.5) is 0 Å². The Labute approximate surface area is 204 Å². The van der Waals surface area contributed by atoms with E-state index in [1.807, 2.05) is 24.3 Å². The first-order valence-corrected chi connectivity index (χ1v) is 12.3. The van der Waals surface area contributed by atoms with Gasteiger partial charge >= 0.3 is 0 Å². The number of nitrogens with zero attached hydrogens (tertiary/aromatic N) is 1. The molecule has 1 heterocycles. The van der Waals surface area contributed by atoms with Crippen LogP contribution in [-0.2, 0) is 4.79 Å². The quantitative estimate of drug-likeness (QED) is 0.243. The van der Waals surface area contributed by atoms with Gasteiger partial charge in [-0.1, -0.05) is 62.9 Å². The van der Waals surface area contributed by atoms with Crippen molar-refractivity contribution in [2.45, 2.75) is 45.4 Å². The van der Waals surface area contributed by atoms with E-state index in [9.17, 15) is 14.7 Å². The minimum absolute atomic E-state index is 0.0546. The van der Waals surface area contributed by atoms with E-state index in [1.54, 1.807) is 6.08 Å². The van der Waals surface area contributed by atoms with Crippen LogP contribution in [0.3, 0.4) is 0 Å². The lowest BCUT2D eigenvalue weighted by atomic mass is 10.1. The van der Waals surface area contributed by atoms with Crippen LogP contribution in [0.1, 0.15) is 61.4 Å². The highest BCUT2D eigenvalue weighted by atomic mass is 32.2. The van der Waals surface area contributed by atoms with Crippen molar-refractivity contribution in [3.63, 3.8) is 0 Å². The van der Waals surface area contributed by atoms with Gasteiger partial charge in [0.2, 0.25) is 0 Å². The fourth-order valence-corrected chi connectivity index (χ4v) is 4.41. The summed E-state index contributed by atoms with van der Waals surface area (Å²) in [6.45, 7) is 2.91. The van der Waals surface area contributed by atoms with E-state index in [2.05, 4.69) is 12.3 Å². The first-order chi connectivity index (χ1) is 16.0. The van der Waals surface area contributed by atoms with E-state index in [0.717, 1.165) is 34.5 Å². The summed E-state index contributed by atoms with van der Waals surface area (Å²) in [5.41, 5.74) is 3.67. The number of rotatable bonds is 11. The van der Waals surface area contributed by atoms with Crippen LogP contribution in [0.25, 0.3) is 6.08 Å². The third kappa shape index (κ3) is 7.33. The van der Waals surface area contributed by atoms with Crippen molar-refractivity contribution in [3.05, 3.63) is 64.6 Å². The standard InChI is InChI=1S/C25H28N2O4S2/c1-2-3-4-5-6-7-16-31-21-14-8-18(9-15-21)17-22-24(30)27(25(32)33-22)26-23(29)19-10-12-20(28)13-11-19/h8-15,17,28H,2-7,16H2,1H3,(H,26,29)/b22-17-. The molecule has 0 unspecified atom stereocenters. The van der Waals surface area contributed by atoms with Crippen molar-refractivity contribution < 1.29 is 19.4 Å². The van der Waals surface area contributed by atoms with Gasteiger partial charge in [-0.15, -0.1) is 0 Å². The molecule has 0 spiro atoms. The number of amides is 2. The number of phenolic OH excluding ortho intramolecular Hbond substituents is 1. The molecule has 0 radical (unpaired) electrons. The van der Waals surface area contributed by atoms with Gasteiger partial charge in [0.15, 0.2) is 4.32 Å². The summed E-state index contributed by atoms with van der Waals surface area (Å²) in [7, 11) is 0. The average Bonchev–Trinajstić information content (AvgIpc) is 3.07. The monoisotopic (exact) mass is 484 g/mol. The van der Waals surface area contributed by atoms with Crippen LogP contribution < -0.4 is 10.2 Å². The number of unbranched alkanes of at least 4 members (excludes halogenated alkanes) is 5. The number of benzene rings is 2. The van der Waals surface area contributed by atoms with Crippen molar-refractivity contribution >= 4 is 46.2 Å². The van der Waals surface area contributed by atoms with E-state index in [0.29, 0.717) is 17.1 Å². The molecule has 6 nitrogen and oxygen atoms in total. The largest absolute Gasteiger partial charge is 0.508 e. The van der Waals surface area contributed by atoms with Crippen LogP contribution in [0.2, 0.25) is 0 Å². The number of thioether (sulfide) groups is 1. The molecule has 1 saturated heterocycles. The lowest BCUT2D eigenvalue weighted by molar-refractivity contribution is -0.123. The Morgan fingerprint density at radius 1 is 1.06 bits per heavy atom. The first-order valence-electron chi connectivity index (χ1n) is 11.1. The molecule has 8 heteroatoms. The van der Waals surface area contributed by atoms with E-state index in [1.165, 1.54) is 56.4 Å². The van der Waals surface area contributed by atoms with Crippen LogP contribution in [0.15, 0.2) is 53.4 Å². The van der Waals surface area contributed by atoms with Gasteiger partial charge in [-0.25, -0.2) is 0 Å². The molecule has 1 aliphatic rings. The highest BCUT2D eigenvalue weighted by Crippen LogP contribution is 2.31. The number of nitrogens with one attached hydrogen (secondary N) is 1. The summed E-state index contributed by atoms with van der Waals surface area (Å²) in [6.07, 6.45) is 9.06. The zero-order valence-electron chi connectivity index (χ0n) is 18.6. The van der Waals surface area contributed by atoms with Crippen LogP contribution in [0.5, 0.6) is 11.5 Å². The number of hydrogen-bond donors (Lipinski definition) is 2. The number of thiocarbonyl (C=S) groups is 1. The maximum absolute atomic E-state index is 12.7. The molecule has 0 aromatic heterocycles. The normalized spacial score (nSPS) is 14.7. The minimum atomic E-state index is -0.487. The molecule has 0 bridgehead atoms. The van der Waals surface area contributed by atoms with E-state index >= 15 is 0 Å². The van der Waals surface area contributed by atoms with Crippen LogP contribution >= 0.6 is 24.0 Å². The van der Waals surface area contributed by atoms with Gasteiger partial charge in [0.1, 0.15) is 11.5 Å². The number of hydrazine groups is 1. The molecule has 0 aliphatic carbocycles. The molecule has 2 N–H and O–H groups in total. The number of carbonyl (C=O) groups is 2. The van der Waals surface area contributed by atoms with Crippen LogP contribution in [0, 0.1) is 0 Å². The van der Waals surface area contributed by atoms with Crippen LogP contribution in [-0.4, -0.2) is 32.9 Å². The second kappa shape index (κ2) is 12.4. The zero-order chi connectivity index (χ0) is 23.6. The highest BCUT2D eigenvalue weighted by Gasteiger charge is 2.33. The van der Waals surface area contributed by atoms with Crippen molar-refractivity contribution in [3.8, 4) is 11.5 Å². The van der Waals surface area contributed by atoms with Gasteiger partial charge < -0.3 is 9.84 Å². The molecule has 1 aliphatic heterocycles. The summed E-state index contributed by atoms with van der Waals surface area (Å²) >= 11 is 6.39. The number of aromatic hydroxyl groups is 1. The first kappa shape index (κ1) is 24.8. The average molecular weight is 485 g/mol. The number of carbonyl (C=O) groups excluding carboxylic acids is 2. The summed E-state index contributed by atoms with van der Waals surface area (Å²) in [5, 5.41) is 10.4. The second-order valence-electron chi connectivity index (χ2n) is 7.69. The molecule has 3 rings (SSSR count). The topological polar surface area (TPSA) is 78.9 Å². The number of phenols is 1. The molecule has 0 saturated carbocycles. The van der Waals surface area contributed by atoms with Gasteiger partial charge in [0.25, 0.3) is 11.8 Å². The Morgan fingerprint density at radius 3 is 2.42 bits per heavy atom. The number of hydrogen-bond acceptors (Lipinski definition) is 6. The Morgan fingerprint density at radius 2 is 1.73 bits per heavy atom. The van der Waals surface area contributed by atoms with Crippen molar-refractivity contribution in [2.24, 2.45) is 0 Å². The molecule has 1 fully saturated rings. The Kier molecular flexibility index (Phi) is 9.33. The summed E-state index contributed by atoms with van der Waals surface area (Å²) in [5.74, 6) is -0.0201. The molecular formula is C25H28N2O4S2. The van der Waals surface area contributed by atoms with E-state index in [-0.39, 0.29) is 16.0 Å². The van der Waals surface area contributed by atoms with E-state index in [4.69, 9.17) is 17.0 Å². The van der Waals surface area contributed by atoms with Crippen molar-refractivity contribution in [1.82, 2.24) is 10.4 Å². The Hall–Kier alpha value is -2.84. The Balaban J connectivity index is 1.52. The summed E-state index contributed by atoms with van der Waals surface area (Å²) < 4.78 is 6.05. The smallest absolute Gasteiger partial charge is 0.285 e. The second-order valence-corrected chi connectivity index (χ2v) is 9.37. The SMILES string of the molecule is CCCCCCCCOc1ccc(/C=C2\SC(=S)N(NC(=O)c3ccc(O)cc3)C2=O)cc1. The summed E-state index contributed by atoms with van der Waals surface area (Å²) in [6, 6.07) is 13.3. The van der Waals surface area contributed by atoms with Gasteiger partial charge in [0, 0.05) is 5.56 Å². The van der Waals surface area contributed by atoms with Gasteiger partial charge in [-0.05, 0) is 66.7 Å². The lowest BCUT2D eigenvalue weighted by Gasteiger charge is -2.15. The predicted molar refractivity (Wildman–Crippen MR) is 136 cm³/mol. The van der Waals surface area contributed by atoms with Crippen molar-refractivity contribution in [1.29, 1.82) is 0 Å². The third-order valence-electron chi connectivity index (χ3n) is 5.08. The maximum atomic E-state index is 12.7. The molecule has 2 aromatic rings. The fourth-order valence-electron chi connectivity index (χ4n) is 3.23. The van der Waals surface area contributed by atoms with E-state index < -0.39 is 5.91 Å². The van der Waals surface area contributed by atoms with Crippen molar-refractivity contribution in [2.75, 3.05) is 6.61 Å². The number of ether oxygens (including phenoxy) is 1. The molecule has 2 amide bonds. The van der Waals surface area contributed by atoms with Gasteiger partial charge in [0.05, 0.1) is 11.5 Å². The molecule has 33 heavy (non-hydrogen) atoms. The highest BCUT2D eigenvalue weighted by molar-refractivity contribution is 8.26. The molecule has 2 aromatic carbocycles. The molecule has 0 atom stereocenters. The lowest BCUT2D eigenvalue weighted by Crippen LogP contribution is -2.44. The minimum Gasteiger partial charge on any atom is -0.508 e.